The predicted octanol–water partition coefficient (Wildman–Crippen LogP) is 4.15. The fourth-order valence-corrected chi connectivity index (χ4v) is 2.44. The number of hydrogen-bond donors (Lipinski definition) is 1. The van der Waals surface area contributed by atoms with Crippen LogP contribution in [0.25, 0.3) is 10.8 Å². The second-order valence-electron chi connectivity index (χ2n) is 5.39. The molecule has 0 amide bonds. The Morgan fingerprint density at radius 1 is 1.06 bits per heavy atom. The quantitative estimate of drug-likeness (QED) is 0.836. The van der Waals surface area contributed by atoms with E-state index in [1.165, 1.54) is 22.8 Å². The van der Waals surface area contributed by atoms with E-state index in [4.69, 9.17) is 5.73 Å². The van der Waals surface area contributed by atoms with Crippen LogP contribution >= 0.6 is 0 Å². The first kappa shape index (κ1) is 13.1. The van der Waals surface area contributed by atoms with Gasteiger partial charge < -0.3 is 5.73 Å². The lowest BCUT2D eigenvalue weighted by Gasteiger charge is -2.16. The maximum Gasteiger partial charge on any atom is 0.00818 e. The molecule has 2 aromatic carbocycles. The van der Waals surface area contributed by atoms with Crippen molar-refractivity contribution in [1.29, 1.82) is 0 Å². The third-order valence-corrected chi connectivity index (χ3v) is 3.71. The summed E-state index contributed by atoms with van der Waals surface area (Å²) in [7, 11) is 0. The summed E-state index contributed by atoms with van der Waals surface area (Å²) < 4.78 is 0. The second-order valence-corrected chi connectivity index (χ2v) is 5.39. The van der Waals surface area contributed by atoms with Crippen molar-refractivity contribution < 1.29 is 0 Å². The summed E-state index contributed by atoms with van der Waals surface area (Å²) >= 11 is 0. The van der Waals surface area contributed by atoms with Gasteiger partial charge in [0.05, 0.1) is 0 Å². The first-order valence-electron chi connectivity index (χ1n) is 6.92. The molecule has 96 valence electrons. The molecular weight excluding hydrogens is 218 g/mol. The molecular formula is C17H23N. The Bertz CT molecular complexity index is 504. The van der Waals surface area contributed by atoms with Crippen LogP contribution in [0.5, 0.6) is 0 Å². The van der Waals surface area contributed by atoms with Crippen LogP contribution in [0.15, 0.2) is 42.5 Å². The van der Waals surface area contributed by atoms with Crippen LogP contribution in [0.4, 0.5) is 0 Å². The standard InChI is InChI=1S/C17H23N/c1-3-13(2)10-17(18)12-14-8-9-15-6-4-5-7-16(15)11-14/h4-9,11,13,17H,3,10,12,18H2,1-2H3. The van der Waals surface area contributed by atoms with Crippen molar-refractivity contribution in [1.82, 2.24) is 0 Å². The SMILES string of the molecule is CCC(C)CC(N)Cc1ccc2ccccc2c1. The summed E-state index contributed by atoms with van der Waals surface area (Å²) in [6.45, 7) is 4.51. The van der Waals surface area contributed by atoms with Crippen molar-refractivity contribution in [3.63, 3.8) is 0 Å². The maximum atomic E-state index is 6.23. The van der Waals surface area contributed by atoms with Gasteiger partial charge in [-0.25, -0.2) is 0 Å². The van der Waals surface area contributed by atoms with Crippen molar-refractivity contribution in [2.24, 2.45) is 11.7 Å². The van der Waals surface area contributed by atoms with E-state index in [0.29, 0.717) is 0 Å². The highest BCUT2D eigenvalue weighted by atomic mass is 14.6. The number of fused-ring (bicyclic) bond motifs is 1. The zero-order valence-electron chi connectivity index (χ0n) is 11.4. The van der Waals surface area contributed by atoms with Crippen LogP contribution in [0.3, 0.4) is 0 Å². The van der Waals surface area contributed by atoms with Gasteiger partial charge in [0.15, 0.2) is 0 Å². The van der Waals surface area contributed by atoms with Gasteiger partial charge in [0, 0.05) is 6.04 Å². The van der Waals surface area contributed by atoms with Crippen LogP contribution in [0.2, 0.25) is 0 Å². The van der Waals surface area contributed by atoms with Crippen LogP contribution in [0.1, 0.15) is 32.3 Å². The summed E-state index contributed by atoms with van der Waals surface area (Å²) in [5, 5.41) is 2.61. The molecule has 1 nitrogen and oxygen atoms in total. The van der Waals surface area contributed by atoms with Crippen molar-refractivity contribution in [3.05, 3.63) is 48.0 Å². The van der Waals surface area contributed by atoms with Gasteiger partial charge in [0.1, 0.15) is 0 Å². The Kier molecular flexibility index (Phi) is 4.38. The van der Waals surface area contributed by atoms with E-state index in [1.54, 1.807) is 0 Å². The smallest absolute Gasteiger partial charge is 0.00818 e. The normalized spacial score (nSPS) is 14.6. The van der Waals surface area contributed by atoms with Crippen LogP contribution in [-0.4, -0.2) is 6.04 Å². The second kappa shape index (κ2) is 6.01. The molecule has 1 heteroatoms. The Morgan fingerprint density at radius 3 is 2.50 bits per heavy atom. The van der Waals surface area contributed by atoms with E-state index in [0.717, 1.165) is 18.8 Å². The van der Waals surface area contributed by atoms with Gasteiger partial charge in [0.2, 0.25) is 0 Å². The Balaban J connectivity index is 2.07. The lowest BCUT2D eigenvalue weighted by Crippen LogP contribution is -2.25. The topological polar surface area (TPSA) is 26.0 Å². The predicted molar refractivity (Wildman–Crippen MR) is 79.7 cm³/mol. The number of benzene rings is 2. The van der Waals surface area contributed by atoms with E-state index in [2.05, 4.69) is 56.3 Å². The van der Waals surface area contributed by atoms with Gasteiger partial charge in [-0.05, 0) is 35.1 Å². The van der Waals surface area contributed by atoms with E-state index >= 15 is 0 Å². The third kappa shape index (κ3) is 3.33. The van der Waals surface area contributed by atoms with Gasteiger partial charge in [0.25, 0.3) is 0 Å². The van der Waals surface area contributed by atoms with Crippen molar-refractivity contribution in [2.75, 3.05) is 0 Å². The monoisotopic (exact) mass is 241 g/mol. The molecule has 0 saturated carbocycles. The molecule has 0 bridgehead atoms. The highest BCUT2D eigenvalue weighted by molar-refractivity contribution is 5.82. The summed E-state index contributed by atoms with van der Waals surface area (Å²) in [6.07, 6.45) is 3.31. The summed E-state index contributed by atoms with van der Waals surface area (Å²) in [6, 6.07) is 15.4. The molecule has 2 rings (SSSR count). The van der Waals surface area contributed by atoms with Gasteiger partial charge in [-0.15, -0.1) is 0 Å². The van der Waals surface area contributed by atoms with Crippen LogP contribution < -0.4 is 5.73 Å². The summed E-state index contributed by atoms with van der Waals surface area (Å²) in [5.74, 6) is 0.723. The first-order chi connectivity index (χ1) is 8.69. The molecule has 0 aliphatic rings. The highest BCUT2D eigenvalue weighted by Crippen LogP contribution is 2.18. The molecule has 0 fully saturated rings. The summed E-state index contributed by atoms with van der Waals surface area (Å²) in [4.78, 5) is 0. The molecule has 2 aromatic rings. The Hall–Kier alpha value is -1.34. The van der Waals surface area contributed by atoms with Gasteiger partial charge in [-0.1, -0.05) is 62.7 Å². The number of hydrogen-bond acceptors (Lipinski definition) is 1. The molecule has 0 aromatic heterocycles. The van der Waals surface area contributed by atoms with E-state index in [-0.39, 0.29) is 6.04 Å². The van der Waals surface area contributed by atoms with Crippen LogP contribution in [0, 0.1) is 5.92 Å². The zero-order chi connectivity index (χ0) is 13.0. The van der Waals surface area contributed by atoms with Gasteiger partial charge >= 0.3 is 0 Å². The maximum absolute atomic E-state index is 6.23. The molecule has 0 aliphatic carbocycles. The fourth-order valence-electron chi connectivity index (χ4n) is 2.44. The highest BCUT2D eigenvalue weighted by Gasteiger charge is 2.08. The molecule has 0 spiro atoms. The number of rotatable bonds is 5. The third-order valence-electron chi connectivity index (χ3n) is 3.71. The molecule has 2 atom stereocenters. The molecule has 2 unspecified atom stereocenters. The van der Waals surface area contributed by atoms with E-state index < -0.39 is 0 Å². The van der Waals surface area contributed by atoms with E-state index in [9.17, 15) is 0 Å². The van der Waals surface area contributed by atoms with Crippen LogP contribution in [-0.2, 0) is 6.42 Å². The fraction of sp³-hybridized carbons (Fsp3) is 0.412. The Labute approximate surface area is 110 Å². The molecule has 0 aliphatic heterocycles. The van der Waals surface area contributed by atoms with Crippen molar-refractivity contribution in [2.45, 2.75) is 39.2 Å². The zero-order valence-corrected chi connectivity index (χ0v) is 11.4. The van der Waals surface area contributed by atoms with Crippen molar-refractivity contribution >= 4 is 10.8 Å². The first-order valence-corrected chi connectivity index (χ1v) is 6.92. The van der Waals surface area contributed by atoms with Gasteiger partial charge in [-0.3, -0.25) is 0 Å². The minimum absolute atomic E-state index is 0.279. The Morgan fingerprint density at radius 2 is 1.78 bits per heavy atom. The average Bonchev–Trinajstić information content (AvgIpc) is 2.38. The van der Waals surface area contributed by atoms with E-state index in [1.807, 2.05) is 0 Å². The largest absolute Gasteiger partial charge is 0.327 e. The molecule has 2 N–H and O–H groups in total. The molecule has 18 heavy (non-hydrogen) atoms. The average molecular weight is 241 g/mol. The molecule has 0 saturated heterocycles. The minimum atomic E-state index is 0.279. The number of nitrogens with two attached hydrogens (primary N) is 1. The lowest BCUT2D eigenvalue weighted by molar-refractivity contribution is 0.450. The minimum Gasteiger partial charge on any atom is -0.327 e. The molecule has 0 radical (unpaired) electrons. The van der Waals surface area contributed by atoms with Gasteiger partial charge in [-0.2, -0.15) is 0 Å². The summed E-state index contributed by atoms with van der Waals surface area (Å²) in [5.41, 5.74) is 7.58. The molecule has 0 heterocycles. The lowest BCUT2D eigenvalue weighted by atomic mass is 9.94. The van der Waals surface area contributed by atoms with Crippen molar-refractivity contribution in [3.8, 4) is 0 Å².